The molecule has 0 unspecified atom stereocenters. The molecule has 0 saturated heterocycles. The fourth-order valence-electron chi connectivity index (χ4n) is 3.25. The Balaban J connectivity index is 1.66. The van der Waals surface area contributed by atoms with E-state index in [9.17, 15) is 18.4 Å². The normalized spacial score (nSPS) is 11.2. The summed E-state index contributed by atoms with van der Waals surface area (Å²) in [5.41, 5.74) is 8.47. The molecule has 0 spiro atoms. The van der Waals surface area contributed by atoms with E-state index in [1.807, 2.05) is 6.07 Å². The summed E-state index contributed by atoms with van der Waals surface area (Å²) in [7, 11) is 0. The summed E-state index contributed by atoms with van der Waals surface area (Å²) in [5, 5.41) is 3.34. The summed E-state index contributed by atoms with van der Waals surface area (Å²) < 4.78 is 31.3. The Hall–Kier alpha value is -3.04. The highest BCUT2D eigenvalue weighted by Crippen LogP contribution is 2.18. The lowest BCUT2D eigenvalue weighted by Gasteiger charge is -2.12. The van der Waals surface area contributed by atoms with Crippen molar-refractivity contribution >= 4 is 17.5 Å². The number of amides is 1. The molecule has 2 aromatic heterocycles. The molecular formula is C22H23ClF2N4O3. The van der Waals surface area contributed by atoms with Crippen LogP contribution in [-0.2, 0) is 37.3 Å². The molecule has 0 aliphatic rings. The van der Waals surface area contributed by atoms with Gasteiger partial charge in [0.25, 0.3) is 11.4 Å². The van der Waals surface area contributed by atoms with E-state index in [1.54, 1.807) is 31.3 Å². The number of aryl methyl sites for hydroxylation is 3. The molecule has 10 heteroatoms. The van der Waals surface area contributed by atoms with E-state index in [0.717, 1.165) is 17.4 Å². The molecule has 3 rings (SSSR count). The van der Waals surface area contributed by atoms with Crippen molar-refractivity contribution in [1.82, 2.24) is 14.9 Å². The molecule has 0 atom stereocenters. The third-order valence-electron chi connectivity index (χ3n) is 5.07. The lowest BCUT2D eigenvalue weighted by atomic mass is 10.1. The molecule has 2 heterocycles. The van der Waals surface area contributed by atoms with Gasteiger partial charge in [-0.2, -0.15) is 8.78 Å². The lowest BCUT2D eigenvalue weighted by molar-refractivity contribution is -0.120. The van der Waals surface area contributed by atoms with Crippen LogP contribution in [0.2, 0.25) is 5.02 Å². The summed E-state index contributed by atoms with van der Waals surface area (Å²) in [5.74, 6) is -0.963. The first-order valence-electron chi connectivity index (χ1n) is 9.94. The molecule has 3 aromatic rings. The zero-order valence-electron chi connectivity index (χ0n) is 17.4. The van der Waals surface area contributed by atoms with E-state index in [1.165, 1.54) is 4.57 Å². The van der Waals surface area contributed by atoms with Gasteiger partial charge in [0.2, 0.25) is 5.91 Å². The first-order valence-corrected chi connectivity index (χ1v) is 10.3. The second-order valence-electron chi connectivity index (χ2n) is 7.27. The van der Waals surface area contributed by atoms with Crippen LogP contribution in [0.5, 0.6) is 0 Å². The number of carbonyl (C=O) groups is 1. The molecule has 0 radical (unpaired) electrons. The lowest BCUT2D eigenvalue weighted by Crippen LogP contribution is -2.31. The predicted octanol–water partition coefficient (Wildman–Crippen LogP) is 3.30. The maximum atomic E-state index is 12.9. The van der Waals surface area contributed by atoms with Crippen molar-refractivity contribution in [3.05, 3.63) is 85.9 Å². The van der Waals surface area contributed by atoms with Crippen LogP contribution < -0.4 is 16.6 Å². The van der Waals surface area contributed by atoms with Crippen LogP contribution in [0.25, 0.3) is 0 Å². The number of rotatable bonds is 9. The van der Waals surface area contributed by atoms with Crippen molar-refractivity contribution in [3.63, 3.8) is 0 Å². The Morgan fingerprint density at radius 3 is 2.78 bits per heavy atom. The number of nitrogens with zero attached hydrogens (tertiary/aromatic N) is 2. The third-order valence-corrected chi connectivity index (χ3v) is 5.30. The Bertz CT molecular complexity index is 1160. The van der Waals surface area contributed by atoms with Crippen LogP contribution in [0.1, 0.15) is 40.3 Å². The van der Waals surface area contributed by atoms with E-state index < -0.39 is 12.3 Å². The van der Waals surface area contributed by atoms with Gasteiger partial charge in [-0.1, -0.05) is 17.7 Å². The first-order chi connectivity index (χ1) is 15.3. The van der Waals surface area contributed by atoms with Gasteiger partial charge in [-0.15, -0.1) is 0 Å². The monoisotopic (exact) mass is 464 g/mol. The Kier molecular flexibility index (Phi) is 7.76. The average molecular weight is 465 g/mol. The second-order valence-corrected chi connectivity index (χ2v) is 7.71. The number of oxazole rings is 1. The number of carbonyl (C=O) groups excluding carboxylic acids is 1. The van der Waals surface area contributed by atoms with Gasteiger partial charge < -0.3 is 20.0 Å². The van der Waals surface area contributed by atoms with E-state index in [-0.39, 0.29) is 37.4 Å². The molecule has 32 heavy (non-hydrogen) atoms. The molecule has 1 amide bonds. The third kappa shape index (κ3) is 5.80. The number of nitrogens with two attached hydrogens (primary N) is 1. The fourth-order valence-corrected chi connectivity index (χ4v) is 3.45. The highest BCUT2D eigenvalue weighted by molar-refractivity contribution is 6.30. The van der Waals surface area contributed by atoms with Gasteiger partial charge in [0.05, 0.1) is 12.1 Å². The number of hydrogen-bond acceptors (Lipinski definition) is 5. The molecule has 3 N–H and O–H groups in total. The number of halogens is 3. The molecule has 170 valence electrons. The molecule has 0 aliphatic carbocycles. The van der Waals surface area contributed by atoms with Crippen molar-refractivity contribution in [3.8, 4) is 0 Å². The van der Waals surface area contributed by atoms with Gasteiger partial charge >= 0.3 is 6.43 Å². The van der Waals surface area contributed by atoms with Gasteiger partial charge in [0.15, 0.2) is 0 Å². The highest BCUT2D eigenvalue weighted by Gasteiger charge is 2.16. The van der Waals surface area contributed by atoms with E-state index >= 15 is 0 Å². The van der Waals surface area contributed by atoms with Crippen molar-refractivity contribution < 1.29 is 18.0 Å². The molecule has 0 fully saturated rings. The Morgan fingerprint density at radius 1 is 1.31 bits per heavy atom. The second kappa shape index (κ2) is 10.5. The average Bonchev–Trinajstić information content (AvgIpc) is 3.24. The van der Waals surface area contributed by atoms with Crippen molar-refractivity contribution in [2.24, 2.45) is 5.73 Å². The number of hydrogen-bond donors (Lipinski definition) is 2. The van der Waals surface area contributed by atoms with Crippen LogP contribution in [0.15, 0.2) is 45.9 Å². The topological polar surface area (TPSA) is 103 Å². The fraction of sp³-hybridized carbons (Fsp3) is 0.318. The minimum atomic E-state index is -2.79. The van der Waals surface area contributed by atoms with Crippen molar-refractivity contribution in [2.45, 2.75) is 45.8 Å². The largest absolute Gasteiger partial charge is 0.444 e. The first kappa shape index (κ1) is 23.6. The summed E-state index contributed by atoms with van der Waals surface area (Å²) in [6.45, 7) is 2.52. The summed E-state index contributed by atoms with van der Waals surface area (Å²) in [6, 6.07) is 7.02. The van der Waals surface area contributed by atoms with Crippen LogP contribution in [0.4, 0.5) is 8.78 Å². The van der Waals surface area contributed by atoms with E-state index in [4.69, 9.17) is 21.8 Å². The molecule has 7 nitrogen and oxygen atoms in total. The van der Waals surface area contributed by atoms with Crippen molar-refractivity contribution in [2.75, 3.05) is 0 Å². The zero-order valence-corrected chi connectivity index (χ0v) is 18.2. The molecular weight excluding hydrogens is 442 g/mol. The van der Waals surface area contributed by atoms with Gasteiger partial charge in [-0.25, -0.2) is 4.98 Å². The molecule has 0 bridgehead atoms. The Labute approximate surface area is 188 Å². The standard InChI is InChI=1S/C22H23ClF2N4O3/c1-13-4-6-29(7-5-17-12-32-21(28-17)20(24)25)22(31)18(13)9-19(30)27-11-15-8-16(23)3-2-14(15)10-26/h2-4,6,8,12,20H,5,7,9-11,26H2,1H3,(H,27,30). The quantitative estimate of drug-likeness (QED) is 0.505. The number of aromatic nitrogens is 2. The van der Waals surface area contributed by atoms with Crippen LogP contribution in [0, 0.1) is 6.92 Å². The maximum Gasteiger partial charge on any atom is 0.313 e. The maximum absolute atomic E-state index is 12.9. The van der Waals surface area contributed by atoms with Gasteiger partial charge in [-0.05, 0) is 41.8 Å². The van der Waals surface area contributed by atoms with Crippen LogP contribution >= 0.6 is 11.6 Å². The molecule has 1 aromatic carbocycles. The highest BCUT2D eigenvalue weighted by atomic mass is 35.5. The summed E-state index contributed by atoms with van der Waals surface area (Å²) in [6.07, 6.45) is 0.113. The number of nitrogens with one attached hydrogen (secondary N) is 1. The van der Waals surface area contributed by atoms with Gasteiger partial charge in [0.1, 0.15) is 6.26 Å². The zero-order chi connectivity index (χ0) is 23.3. The predicted molar refractivity (Wildman–Crippen MR) is 115 cm³/mol. The summed E-state index contributed by atoms with van der Waals surface area (Å²) >= 11 is 6.02. The van der Waals surface area contributed by atoms with Crippen LogP contribution in [-0.4, -0.2) is 15.5 Å². The van der Waals surface area contributed by atoms with Crippen molar-refractivity contribution in [1.29, 1.82) is 0 Å². The minimum absolute atomic E-state index is 0.0937. The number of pyridine rings is 1. The number of alkyl halides is 2. The molecule has 0 aliphatic heterocycles. The van der Waals surface area contributed by atoms with Gasteiger partial charge in [-0.3, -0.25) is 9.59 Å². The smallest absolute Gasteiger partial charge is 0.313 e. The van der Waals surface area contributed by atoms with E-state index in [0.29, 0.717) is 28.4 Å². The Morgan fingerprint density at radius 2 is 2.09 bits per heavy atom. The van der Waals surface area contributed by atoms with Crippen LogP contribution in [0.3, 0.4) is 0 Å². The molecule has 0 saturated carbocycles. The SMILES string of the molecule is Cc1ccn(CCc2coc(C(F)F)n2)c(=O)c1CC(=O)NCc1cc(Cl)ccc1CN. The summed E-state index contributed by atoms with van der Waals surface area (Å²) in [4.78, 5) is 29.1. The van der Waals surface area contributed by atoms with E-state index in [2.05, 4.69) is 10.3 Å². The van der Waals surface area contributed by atoms with Gasteiger partial charge in [0, 0.05) is 42.8 Å². The minimum Gasteiger partial charge on any atom is -0.444 e. The number of benzene rings is 1.